The summed E-state index contributed by atoms with van der Waals surface area (Å²) in [5.74, 6) is -1.55. The molecule has 0 radical (unpaired) electrons. The average Bonchev–Trinajstić information content (AvgIpc) is 3.49. The van der Waals surface area contributed by atoms with E-state index in [4.69, 9.17) is 5.73 Å². The summed E-state index contributed by atoms with van der Waals surface area (Å²) in [6, 6.07) is 15.0. The number of amides is 3. The van der Waals surface area contributed by atoms with Gasteiger partial charge in [-0.25, -0.2) is 0 Å². The molecule has 232 valence electrons. The molecule has 1 aliphatic heterocycles. The lowest BCUT2D eigenvalue weighted by atomic mass is 9.79. The molecule has 5 N–H and O–H groups in total. The fourth-order valence-corrected chi connectivity index (χ4v) is 5.87. The second kappa shape index (κ2) is 12.7. The van der Waals surface area contributed by atoms with E-state index in [2.05, 4.69) is 15.6 Å². The van der Waals surface area contributed by atoms with Crippen molar-refractivity contribution in [3.63, 3.8) is 0 Å². The molecule has 1 aromatic heterocycles. The van der Waals surface area contributed by atoms with Crippen molar-refractivity contribution >= 4 is 17.7 Å². The number of benzene rings is 2. The zero-order chi connectivity index (χ0) is 31.5. The van der Waals surface area contributed by atoms with Crippen LogP contribution in [0, 0.1) is 0 Å². The minimum absolute atomic E-state index is 0.0582. The van der Waals surface area contributed by atoms with Gasteiger partial charge < -0.3 is 26.4 Å². The molecule has 12 heteroatoms. The zero-order valence-corrected chi connectivity index (χ0v) is 23.9. The van der Waals surface area contributed by atoms with Crippen molar-refractivity contribution in [2.24, 2.45) is 5.73 Å². The Balaban J connectivity index is 1.08. The maximum Gasteiger partial charge on any atom is 0.416 e. The summed E-state index contributed by atoms with van der Waals surface area (Å²) in [5, 5.41) is 17.4. The van der Waals surface area contributed by atoms with Crippen LogP contribution >= 0.6 is 0 Å². The van der Waals surface area contributed by atoms with Crippen molar-refractivity contribution < 1.29 is 32.7 Å². The van der Waals surface area contributed by atoms with Crippen molar-refractivity contribution in [1.29, 1.82) is 0 Å². The van der Waals surface area contributed by atoms with Gasteiger partial charge in [0.2, 0.25) is 11.8 Å². The van der Waals surface area contributed by atoms with E-state index in [1.165, 1.54) is 6.07 Å². The quantitative estimate of drug-likeness (QED) is 0.308. The molecule has 9 nitrogen and oxygen atoms in total. The number of carbonyl (C=O) groups excluding carboxylic acids is 3. The monoisotopic (exact) mass is 609 g/mol. The Morgan fingerprint density at radius 1 is 0.955 bits per heavy atom. The molecule has 1 unspecified atom stereocenters. The number of hydrogen-bond donors (Lipinski definition) is 4. The number of nitrogens with two attached hydrogens (primary N) is 1. The van der Waals surface area contributed by atoms with Crippen molar-refractivity contribution in [3.8, 4) is 11.1 Å². The van der Waals surface area contributed by atoms with Gasteiger partial charge in [0.15, 0.2) is 0 Å². The number of alkyl halides is 3. The first-order chi connectivity index (χ1) is 20.9. The van der Waals surface area contributed by atoms with Crippen molar-refractivity contribution in [2.75, 3.05) is 19.6 Å². The van der Waals surface area contributed by atoms with E-state index in [0.29, 0.717) is 37.2 Å². The lowest BCUT2D eigenvalue weighted by Crippen LogP contribution is -2.46. The van der Waals surface area contributed by atoms with Gasteiger partial charge in [-0.05, 0) is 74.1 Å². The van der Waals surface area contributed by atoms with Crippen LogP contribution in [0.4, 0.5) is 13.2 Å². The number of nitrogens with zero attached hydrogens (tertiary/aromatic N) is 2. The molecular weight excluding hydrogens is 575 g/mol. The average molecular weight is 610 g/mol. The minimum Gasteiger partial charge on any atom is -0.384 e. The molecule has 2 heterocycles. The number of aliphatic hydroxyl groups is 1. The van der Waals surface area contributed by atoms with Gasteiger partial charge in [0.05, 0.1) is 17.8 Å². The molecule has 1 saturated carbocycles. The SMILES string of the molecule is NC(=O)c1cccc(-c2ccc(C3(O)CCC(NC4CCN(C(=O)CNC(=O)c5cccc(C(F)(F)F)c5)C4)CC3)nc2)c1. The molecule has 0 bridgehead atoms. The van der Waals surface area contributed by atoms with Crippen LogP contribution in [0.1, 0.15) is 64.1 Å². The van der Waals surface area contributed by atoms with E-state index in [1.54, 1.807) is 29.3 Å². The summed E-state index contributed by atoms with van der Waals surface area (Å²) in [4.78, 5) is 42.7. The molecule has 1 aliphatic carbocycles. The molecule has 1 atom stereocenters. The van der Waals surface area contributed by atoms with Crippen LogP contribution in [0.2, 0.25) is 0 Å². The molecular formula is C32H34F3N5O4. The van der Waals surface area contributed by atoms with Crippen LogP contribution in [-0.4, -0.2) is 64.4 Å². The summed E-state index contributed by atoms with van der Waals surface area (Å²) in [5.41, 5.74) is 5.87. The van der Waals surface area contributed by atoms with E-state index in [9.17, 15) is 32.7 Å². The Kier molecular flexibility index (Phi) is 9.02. The van der Waals surface area contributed by atoms with E-state index < -0.39 is 29.2 Å². The second-order valence-electron chi connectivity index (χ2n) is 11.4. The standard InChI is InChI=1S/C32H34F3N5O4/c33-32(34,35)24-6-2-5-22(16-24)30(43)38-18-28(41)40-14-11-26(19-40)39-25-9-12-31(44,13-10-25)27-8-7-23(17-37-27)20-3-1-4-21(15-20)29(36)42/h1-8,15-17,25-26,39,44H,9-14,18-19H2,(H2,36,42)(H,38,43). The molecule has 3 amide bonds. The Hall–Kier alpha value is -4.29. The van der Waals surface area contributed by atoms with Crippen LogP contribution in [0.5, 0.6) is 0 Å². The molecule has 2 aromatic carbocycles. The molecule has 2 aliphatic rings. The number of pyridine rings is 1. The summed E-state index contributed by atoms with van der Waals surface area (Å²) >= 11 is 0. The third-order valence-corrected chi connectivity index (χ3v) is 8.40. The number of aromatic nitrogens is 1. The fraction of sp³-hybridized carbons (Fsp3) is 0.375. The Bertz CT molecular complexity index is 1520. The number of likely N-dealkylation sites (tertiary alicyclic amines) is 1. The summed E-state index contributed by atoms with van der Waals surface area (Å²) in [6.45, 7) is 0.658. The van der Waals surface area contributed by atoms with Gasteiger partial charge in [-0.3, -0.25) is 19.4 Å². The zero-order valence-electron chi connectivity index (χ0n) is 23.9. The Morgan fingerprint density at radius 2 is 1.68 bits per heavy atom. The minimum atomic E-state index is -4.56. The predicted octanol–water partition coefficient (Wildman–Crippen LogP) is 3.62. The number of primary amides is 1. The number of rotatable bonds is 8. The van der Waals surface area contributed by atoms with Gasteiger partial charge in [-0.15, -0.1) is 0 Å². The maximum atomic E-state index is 12.9. The van der Waals surface area contributed by atoms with Crippen LogP contribution in [-0.2, 0) is 16.6 Å². The highest BCUT2D eigenvalue weighted by molar-refractivity contribution is 5.96. The number of halogens is 3. The summed E-state index contributed by atoms with van der Waals surface area (Å²) in [7, 11) is 0. The lowest BCUT2D eigenvalue weighted by molar-refractivity contribution is -0.137. The third-order valence-electron chi connectivity index (χ3n) is 8.40. The highest BCUT2D eigenvalue weighted by atomic mass is 19.4. The first-order valence-corrected chi connectivity index (χ1v) is 14.5. The van der Waals surface area contributed by atoms with Crippen LogP contribution in [0.15, 0.2) is 66.9 Å². The van der Waals surface area contributed by atoms with E-state index in [1.807, 2.05) is 18.2 Å². The highest BCUT2D eigenvalue weighted by Crippen LogP contribution is 2.37. The topological polar surface area (TPSA) is 138 Å². The van der Waals surface area contributed by atoms with Gasteiger partial charge in [-0.2, -0.15) is 13.2 Å². The first-order valence-electron chi connectivity index (χ1n) is 14.5. The molecule has 5 rings (SSSR count). The summed E-state index contributed by atoms with van der Waals surface area (Å²) in [6.07, 6.45) is 0.330. The number of carbonyl (C=O) groups is 3. The van der Waals surface area contributed by atoms with Gasteiger partial charge in [0.1, 0.15) is 5.60 Å². The van der Waals surface area contributed by atoms with E-state index in [-0.39, 0.29) is 30.1 Å². The maximum absolute atomic E-state index is 12.9. The van der Waals surface area contributed by atoms with Crippen LogP contribution < -0.4 is 16.4 Å². The number of hydrogen-bond acceptors (Lipinski definition) is 6. The molecule has 1 saturated heterocycles. The fourth-order valence-electron chi connectivity index (χ4n) is 5.87. The molecule has 3 aromatic rings. The van der Waals surface area contributed by atoms with Gasteiger partial charge in [-0.1, -0.05) is 24.3 Å². The van der Waals surface area contributed by atoms with Gasteiger partial charge in [0.25, 0.3) is 5.91 Å². The first kappa shape index (κ1) is 31.1. The smallest absolute Gasteiger partial charge is 0.384 e. The largest absolute Gasteiger partial charge is 0.416 e. The van der Waals surface area contributed by atoms with Crippen LogP contribution in [0.3, 0.4) is 0 Å². The van der Waals surface area contributed by atoms with Gasteiger partial charge in [0, 0.05) is 48.1 Å². The van der Waals surface area contributed by atoms with E-state index >= 15 is 0 Å². The summed E-state index contributed by atoms with van der Waals surface area (Å²) < 4.78 is 38.8. The number of nitrogens with one attached hydrogen (secondary N) is 2. The van der Waals surface area contributed by atoms with Crippen molar-refractivity contribution in [3.05, 3.63) is 89.2 Å². The Labute approximate surface area is 252 Å². The molecule has 44 heavy (non-hydrogen) atoms. The Morgan fingerprint density at radius 3 is 2.36 bits per heavy atom. The van der Waals surface area contributed by atoms with Crippen LogP contribution in [0.25, 0.3) is 11.1 Å². The lowest BCUT2D eigenvalue weighted by Gasteiger charge is -2.37. The molecule has 0 spiro atoms. The van der Waals surface area contributed by atoms with E-state index in [0.717, 1.165) is 48.6 Å². The highest BCUT2D eigenvalue weighted by Gasteiger charge is 2.37. The molecule has 2 fully saturated rings. The normalized spacial score (nSPS) is 22.0. The predicted molar refractivity (Wildman–Crippen MR) is 156 cm³/mol. The third kappa shape index (κ3) is 7.25. The second-order valence-corrected chi connectivity index (χ2v) is 11.4. The van der Waals surface area contributed by atoms with Crippen molar-refractivity contribution in [1.82, 2.24) is 20.5 Å². The van der Waals surface area contributed by atoms with Gasteiger partial charge >= 0.3 is 6.18 Å². The van der Waals surface area contributed by atoms with Crippen molar-refractivity contribution in [2.45, 2.75) is 56.0 Å².